The molecule has 0 unspecified atom stereocenters. The monoisotopic (exact) mass is 152 g/mol. The van der Waals surface area contributed by atoms with E-state index in [9.17, 15) is 0 Å². The minimum atomic E-state index is 1.07. The molecule has 1 aromatic rings. The van der Waals surface area contributed by atoms with Gasteiger partial charge in [0.1, 0.15) is 6.26 Å². The van der Waals surface area contributed by atoms with E-state index in [0.29, 0.717) is 0 Å². The summed E-state index contributed by atoms with van der Waals surface area (Å²) in [6, 6.07) is 2.01. The van der Waals surface area contributed by atoms with Gasteiger partial charge in [0.2, 0.25) is 0 Å². The molecule has 2 rings (SSSR count). The van der Waals surface area contributed by atoms with Crippen molar-refractivity contribution in [1.82, 2.24) is 5.32 Å². The Hall–Kier alpha value is -0.960. The lowest BCUT2D eigenvalue weighted by atomic mass is 10.3. The molecule has 0 amide bonds. The minimum absolute atomic E-state index is 1.07. The molecule has 1 aromatic heterocycles. The Bertz CT molecular complexity index is 202. The Labute approximate surface area is 66.0 Å². The second kappa shape index (κ2) is 2.96. The highest BCUT2D eigenvalue weighted by atomic mass is 16.3. The summed E-state index contributed by atoms with van der Waals surface area (Å²) in [5.41, 5.74) is 1.20. The zero-order valence-corrected chi connectivity index (χ0v) is 6.42. The molecule has 1 aliphatic heterocycles. The number of anilines is 1. The maximum Gasteiger partial charge on any atom is 0.114 e. The maximum atomic E-state index is 5.01. The lowest BCUT2D eigenvalue weighted by Gasteiger charge is -2.27. The van der Waals surface area contributed by atoms with Gasteiger partial charge in [-0.05, 0) is 6.07 Å². The highest BCUT2D eigenvalue weighted by Crippen LogP contribution is 2.13. The predicted octanol–water partition coefficient (Wildman–Crippen LogP) is 0.689. The Morgan fingerprint density at radius 1 is 1.36 bits per heavy atom. The molecule has 2 heterocycles. The highest BCUT2D eigenvalue weighted by molar-refractivity contribution is 5.43. The van der Waals surface area contributed by atoms with Crippen LogP contribution in [-0.4, -0.2) is 26.2 Å². The average Bonchev–Trinajstić information content (AvgIpc) is 2.58. The Kier molecular flexibility index (Phi) is 1.81. The third-order valence-electron chi connectivity index (χ3n) is 1.99. The standard InChI is InChI=1S/C8H12N2O/c1-6-11-7-8(1)10-4-2-9-3-5-10/h1,6-7,9H,2-5H2. The first-order valence-electron chi connectivity index (χ1n) is 3.95. The van der Waals surface area contributed by atoms with Crippen molar-refractivity contribution in [3.8, 4) is 0 Å². The fraction of sp³-hybridized carbons (Fsp3) is 0.500. The number of hydrogen-bond acceptors (Lipinski definition) is 3. The van der Waals surface area contributed by atoms with E-state index in [1.165, 1.54) is 5.69 Å². The molecule has 3 nitrogen and oxygen atoms in total. The molecule has 0 spiro atoms. The molecule has 3 heteroatoms. The van der Waals surface area contributed by atoms with Crippen molar-refractivity contribution >= 4 is 5.69 Å². The van der Waals surface area contributed by atoms with Crippen molar-refractivity contribution in [2.45, 2.75) is 0 Å². The van der Waals surface area contributed by atoms with Crippen LogP contribution in [0, 0.1) is 0 Å². The molecule has 0 bridgehead atoms. The highest BCUT2D eigenvalue weighted by Gasteiger charge is 2.10. The number of hydrogen-bond donors (Lipinski definition) is 1. The molecular weight excluding hydrogens is 140 g/mol. The van der Waals surface area contributed by atoms with E-state index in [1.54, 1.807) is 12.5 Å². The van der Waals surface area contributed by atoms with Gasteiger partial charge in [0, 0.05) is 26.2 Å². The van der Waals surface area contributed by atoms with Gasteiger partial charge in [-0.1, -0.05) is 0 Å². The second-order valence-corrected chi connectivity index (χ2v) is 2.72. The Morgan fingerprint density at radius 3 is 2.82 bits per heavy atom. The van der Waals surface area contributed by atoms with Gasteiger partial charge >= 0.3 is 0 Å². The quantitative estimate of drug-likeness (QED) is 0.641. The lowest BCUT2D eigenvalue weighted by Crippen LogP contribution is -2.43. The molecule has 0 atom stereocenters. The van der Waals surface area contributed by atoms with Crippen LogP contribution in [0.5, 0.6) is 0 Å². The molecule has 0 radical (unpaired) electrons. The van der Waals surface area contributed by atoms with E-state index in [4.69, 9.17) is 4.42 Å². The van der Waals surface area contributed by atoms with Gasteiger partial charge in [-0.25, -0.2) is 0 Å². The van der Waals surface area contributed by atoms with Crippen LogP contribution in [0.15, 0.2) is 23.0 Å². The minimum Gasteiger partial charge on any atom is -0.470 e. The zero-order chi connectivity index (χ0) is 7.52. The number of piperazine rings is 1. The molecule has 1 saturated heterocycles. The second-order valence-electron chi connectivity index (χ2n) is 2.72. The maximum absolute atomic E-state index is 5.01. The van der Waals surface area contributed by atoms with Crippen LogP contribution in [-0.2, 0) is 0 Å². The number of rotatable bonds is 1. The normalized spacial score (nSPS) is 18.7. The Balaban J connectivity index is 2.04. The first-order valence-corrected chi connectivity index (χ1v) is 3.95. The number of nitrogens with zero attached hydrogens (tertiary/aromatic N) is 1. The van der Waals surface area contributed by atoms with Crippen LogP contribution < -0.4 is 10.2 Å². The largest absolute Gasteiger partial charge is 0.470 e. The van der Waals surface area contributed by atoms with Crippen molar-refractivity contribution in [3.05, 3.63) is 18.6 Å². The summed E-state index contributed by atoms with van der Waals surface area (Å²) in [5.74, 6) is 0. The van der Waals surface area contributed by atoms with Crippen LogP contribution in [0.3, 0.4) is 0 Å². The van der Waals surface area contributed by atoms with E-state index in [0.717, 1.165) is 26.2 Å². The summed E-state index contributed by atoms with van der Waals surface area (Å²) in [5, 5.41) is 3.30. The van der Waals surface area contributed by atoms with E-state index >= 15 is 0 Å². The summed E-state index contributed by atoms with van der Waals surface area (Å²) in [6.07, 6.45) is 3.52. The summed E-state index contributed by atoms with van der Waals surface area (Å²) in [7, 11) is 0. The predicted molar refractivity (Wildman–Crippen MR) is 43.8 cm³/mol. The summed E-state index contributed by atoms with van der Waals surface area (Å²) < 4.78 is 5.01. The summed E-state index contributed by atoms with van der Waals surface area (Å²) >= 11 is 0. The van der Waals surface area contributed by atoms with Crippen LogP contribution in [0.2, 0.25) is 0 Å². The molecule has 60 valence electrons. The van der Waals surface area contributed by atoms with E-state index in [2.05, 4.69) is 10.2 Å². The van der Waals surface area contributed by atoms with Gasteiger partial charge < -0.3 is 14.6 Å². The van der Waals surface area contributed by atoms with Crippen molar-refractivity contribution in [2.24, 2.45) is 0 Å². The zero-order valence-electron chi connectivity index (χ0n) is 6.42. The third kappa shape index (κ3) is 1.38. The smallest absolute Gasteiger partial charge is 0.114 e. The van der Waals surface area contributed by atoms with Gasteiger partial charge in [0.15, 0.2) is 0 Å². The van der Waals surface area contributed by atoms with E-state index < -0.39 is 0 Å². The van der Waals surface area contributed by atoms with Crippen molar-refractivity contribution in [3.63, 3.8) is 0 Å². The van der Waals surface area contributed by atoms with Crippen LogP contribution in [0.1, 0.15) is 0 Å². The molecule has 0 aromatic carbocycles. The van der Waals surface area contributed by atoms with Gasteiger partial charge in [0.25, 0.3) is 0 Å². The van der Waals surface area contributed by atoms with Crippen molar-refractivity contribution in [1.29, 1.82) is 0 Å². The molecule has 0 saturated carbocycles. The van der Waals surface area contributed by atoms with Crippen LogP contribution in [0.25, 0.3) is 0 Å². The summed E-state index contributed by atoms with van der Waals surface area (Å²) in [4.78, 5) is 2.32. The lowest BCUT2D eigenvalue weighted by molar-refractivity contribution is 0.557. The SMILES string of the molecule is c1cc(N2CCNCC2)co1. The van der Waals surface area contributed by atoms with Gasteiger partial charge in [-0.3, -0.25) is 0 Å². The molecule has 11 heavy (non-hydrogen) atoms. The first-order chi connectivity index (χ1) is 5.47. The molecule has 1 fully saturated rings. The van der Waals surface area contributed by atoms with E-state index in [-0.39, 0.29) is 0 Å². The molecule has 1 aliphatic rings. The fourth-order valence-electron chi connectivity index (χ4n) is 1.36. The molecular formula is C8H12N2O. The topological polar surface area (TPSA) is 28.4 Å². The van der Waals surface area contributed by atoms with Crippen molar-refractivity contribution < 1.29 is 4.42 Å². The van der Waals surface area contributed by atoms with E-state index in [1.807, 2.05) is 6.07 Å². The number of furan rings is 1. The third-order valence-corrected chi connectivity index (χ3v) is 1.99. The Morgan fingerprint density at radius 2 is 2.18 bits per heavy atom. The first kappa shape index (κ1) is 6.73. The fourth-order valence-corrected chi connectivity index (χ4v) is 1.36. The van der Waals surface area contributed by atoms with Crippen molar-refractivity contribution in [2.75, 3.05) is 31.1 Å². The number of nitrogens with one attached hydrogen (secondary N) is 1. The average molecular weight is 152 g/mol. The van der Waals surface area contributed by atoms with Crippen LogP contribution >= 0.6 is 0 Å². The van der Waals surface area contributed by atoms with Gasteiger partial charge in [0.05, 0.1) is 12.0 Å². The van der Waals surface area contributed by atoms with Gasteiger partial charge in [-0.15, -0.1) is 0 Å². The van der Waals surface area contributed by atoms with Gasteiger partial charge in [-0.2, -0.15) is 0 Å². The van der Waals surface area contributed by atoms with Crippen LogP contribution in [0.4, 0.5) is 5.69 Å². The molecule has 1 N–H and O–H groups in total. The summed E-state index contributed by atoms with van der Waals surface area (Å²) in [6.45, 7) is 4.31. The molecule has 0 aliphatic carbocycles.